The summed E-state index contributed by atoms with van der Waals surface area (Å²) < 4.78 is 11.9. The van der Waals surface area contributed by atoms with Crippen molar-refractivity contribution < 1.29 is 9.00 Å². The number of benzene rings is 1. The molecule has 2 atom stereocenters. The normalized spacial score (nSPS) is 14.5. The van der Waals surface area contributed by atoms with Crippen LogP contribution >= 0.6 is 0 Å². The first-order valence-electron chi connectivity index (χ1n) is 4.61. The largest absolute Gasteiger partial charge is 0.399 e. The van der Waals surface area contributed by atoms with Crippen molar-refractivity contribution in [2.75, 3.05) is 5.73 Å². The van der Waals surface area contributed by atoms with E-state index in [9.17, 15) is 9.00 Å². The zero-order valence-corrected chi connectivity index (χ0v) is 9.29. The Balaban J connectivity index is 2.93. The fraction of sp³-hybridized carbons (Fsp3) is 0.300. The van der Waals surface area contributed by atoms with Crippen LogP contribution in [-0.4, -0.2) is 15.4 Å². The van der Waals surface area contributed by atoms with E-state index in [1.807, 2.05) is 0 Å². The van der Waals surface area contributed by atoms with Crippen LogP contribution in [-0.2, 0) is 15.6 Å². The maximum atomic E-state index is 11.9. The molecule has 4 N–H and O–H groups in total. The van der Waals surface area contributed by atoms with Gasteiger partial charge in [0.15, 0.2) is 0 Å². The first-order chi connectivity index (χ1) is 7.06. The maximum Gasteiger partial charge on any atom is 0.233 e. The minimum atomic E-state index is -1.39. The Kier molecular flexibility index (Phi) is 3.85. The molecule has 0 aliphatic heterocycles. The van der Waals surface area contributed by atoms with Gasteiger partial charge in [-0.05, 0) is 30.7 Å². The van der Waals surface area contributed by atoms with Gasteiger partial charge in [-0.25, -0.2) is 0 Å². The Morgan fingerprint density at radius 3 is 2.33 bits per heavy atom. The first-order valence-corrected chi connectivity index (χ1v) is 5.83. The van der Waals surface area contributed by atoms with Gasteiger partial charge in [0.05, 0.1) is 10.8 Å². The Hall–Kier alpha value is -1.36. The highest BCUT2D eigenvalue weighted by Crippen LogP contribution is 2.15. The molecule has 15 heavy (non-hydrogen) atoms. The highest BCUT2D eigenvalue weighted by atomic mass is 32.2. The van der Waals surface area contributed by atoms with Crippen LogP contribution in [0.25, 0.3) is 0 Å². The molecule has 1 aromatic carbocycles. The lowest BCUT2D eigenvalue weighted by Crippen LogP contribution is -2.31. The number of anilines is 1. The van der Waals surface area contributed by atoms with Crippen LogP contribution in [0.1, 0.15) is 13.3 Å². The Morgan fingerprint density at radius 2 is 1.93 bits per heavy atom. The second-order valence-electron chi connectivity index (χ2n) is 3.17. The van der Waals surface area contributed by atoms with Gasteiger partial charge >= 0.3 is 0 Å². The lowest BCUT2D eigenvalue weighted by Gasteiger charge is -2.10. The summed E-state index contributed by atoms with van der Waals surface area (Å²) in [5, 5.41) is -0.631. The van der Waals surface area contributed by atoms with Gasteiger partial charge in [-0.15, -0.1) is 0 Å². The zero-order chi connectivity index (χ0) is 11.4. The summed E-state index contributed by atoms with van der Waals surface area (Å²) >= 11 is 0. The standard InChI is InChI=1S/C10H14N2O2S/c1-2-9(10(12)13)15(14)8-5-3-7(11)4-6-8/h3-6,9H,2,11H2,1H3,(H2,12,13). The minimum absolute atomic E-state index is 0.465. The average molecular weight is 226 g/mol. The molecular weight excluding hydrogens is 212 g/mol. The predicted octanol–water partition coefficient (Wildman–Crippen LogP) is 0.640. The van der Waals surface area contributed by atoms with E-state index in [0.29, 0.717) is 17.0 Å². The summed E-state index contributed by atoms with van der Waals surface area (Å²) in [5.74, 6) is -0.535. The van der Waals surface area contributed by atoms with E-state index in [1.54, 1.807) is 31.2 Å². The second kappa shape index (κ2) is 4.93. The summed E-state index contributed by atoms with van der Waals surface area (Å²) in [6.07, 6.45) is 0.465. The van der Waals surface area contributed by atoms with E-state index < -0.39 is 22.0 Å². The molecule has 1 amide bonds. The van der Waals surface area contributed by atoms with Gasteiger partial charge in [-0.3, -0.25) is 9.00 Å². The summed E-state index contributed by atoms with van der Waals surface area (Å²) in [4.78, 5) is 11.6. The Morgan fingerprint density at radius 1 is 1.40 bits per heavy atom. The van der Waals surface area contributed by atoms with Crippen LogP contribution in [0.15, 0.2) is 29.2 Å². The highest BCUT2D eigenvalue weighted by molar-refractivity contribution is 7.86. The number of rotatable bonds is 4. The van der Waals surface area contributed by atoms with E-state index in [4.69, 9.17) is 11.5 Å². The lowest BCUT2D eigenvalue weighted by molar-refractivity contribution is -0.117. The zero-order valence-electron chi connectivity index (χ0n) is 8.47. The smallest absolute Gasteiger partial charge is 0.233 e. The van der Waals surface area contributed by atoms with Gasteiger partial charge in [0.25, 0.3) is 0 Å². The molecule has 0 saturated carbocycles. The number of carbonyl (C=O) groups excluding carboxylic acids is 1. The summed E-state index contributed by atoms with van der Waals surface area (Å²) in [7, 11) is -1.39. The molecular formula is C10H14N2O2S. The molecule has 0 aliphatic rings. The number of amides is 1. The number of nitrogens with two attached hydrogens (primary N) is 2. The van der Waals surface area contributed by atoms with Crippen LogP contribution in [0, 0.1) is 0 Å². The van der Waals surface area contributed by atoms with Crippen molar-refractivity contribution in [3.8, 4) is 0 Å². The van der Waals surface area contributed by atoms with Gasteiger partial charge in [-0.1, -0.05) is 6.92 Å². The number of hydrogen-bond acceptors (Lipinski definition) is 3. The quantitative estimate of drug-likeness (QED) is 0.739. The number of hydrogen-bond donors (Lipinski definition) is 2. The Labute approximate surface area is 91.1 Å². The fourth-order valence-electron chi connectivity index (χ4n) is 1.22. The predicted molar refractivity (Wildman–Crippen MR) is 60.5 cm³/mol. The average Bonchev–Trinajstić information content (AvgIpc) is 2.19. The third kappa shape index (κ3) is 2.79. The fourth-order valence-corrected chi connectivity index (χ4v) is 2.47. The molecule has 0 bridgehead atoms. The monoisotopic (exact) mass is 226 g/mol. The molecule has 0 radical (unpaired) electrons. The third-order valence-corrected chi connectivity index (χ3v) is 3.88. The van der Waals surface area contributed by atoms with Crippen LogP contribution < -0.4 is 11.5 Å². The SMILES string of the molecule is CCC(C(N)=O)S(=O)c1ccc(N)cc1. The van der Waals surface area contributed by atoms with E-state index in [0.717, 1.165) is 0 Å². The van der Waals surface area contributed by atoms with Crippen molar-refractivity contribution in [2.24, 2.45) is 5.73 Å². The van der Waals surface area contributed by atoms with Gasteiger partial charge in [0.1, 0.15) is 5.25 Å². The van der Waals surface area contributed by atoms with Crippen LogP contribution in [0.3, 0.4) is 0 Å². The van der Waals surface area contributed by atoms with Crippen LogP contribution in [0.2, 0.25) is 0 Å². The Bertz CT molecular complexity index is 376. The van der Waals surface area contributed by atoms with Gasteiger partial charge in [-0.2, -0.15) is 0 Å². The van der Waals surface area contributed by atoms with E-state index in [2.05, 4.69) is 0 Å². The molecule has 0 heterocycles. The van der Waals surface area contributed by atoms with Crippen LogP contribution in [0.5, 0.6) is 0 Å². The molecule has 4 nitrogen and oxygen atoms in total. The van der Waals surface area contributed by atoms with Gasteiger partial charge < -0.3 is 11.5 Å². The molecule has 0 spiro atoms. The molecule has 5 heteroatoms. The molecule has 1 aromatic rings. The van der Waals surface area contributed by atoms with Gasteiger partial charge in [0, 0.05) is 10.6 Å². The van der Waals surface area contributed by atoms with Crippen molar-refractivity contribution in [3.63, 3.8) is 0 Å². The summed E-state index contributed by atoms with van der Waals surface area (Å²) in [6.45, 7) is 1.78. The second-order valence-corrected chi connectivity index (χ2v) is 4.80. The molecule has 0 fully saturated rings. The number of carbonyl (C=O) groups is 1. The molecule has 2 unspecified atom stereocenters. The van der Waals surface area contributed by atoms with Crippen molar-refractivity contribution in [1.29, 1.82) is 0 Å². The molecule has 0 aromatic heterocycles. The topological polar surface area (TPSA) is 86.2 Å². The first kappa shape index (κ1) is 11.7. The summed E-state index contributed by atoms with van der Waals surface area (Å²) in [5.41, 5.74) is 11.3. The molecule has 0 saturated heterocycles. The van der Waals surface area contributed by atoms with Crippen molar-refractivity contribution >= 4 is 22.4 Å². The molecule has 1 rings (SSSR count). The third-order valence-electron chi connectivity index (χ3n) is 2.06. The van der Waals surface area contributed by atoms with Crippen LogP contribution in [0.4, 0.5) is 5.69 Å². The minimum Gasteiger partial charge on any atom is -0.399 e. The molecule has 82 valence electrons. The summed E-state index contributed by atoms with van der Waals surface area (Å²) in [6, 6.07) is 6.61. The maximum absolute atomic E-state index is 11.9. The van der Waals surface area contributed by atoms with Crippen molar-refractivity contribution in [2.45, 2.75) is 23.5 Å². The number of primary amides is 1. The molecule has 0 aliphatic carbocycles. The van der Waals surface area contributed by atoms with Crippen molar-refractivity contribution in [1.82, 2.24) is 0 Å². The van der Waals surface area contributed by atoms with E-state index >= 15 is 0 Å². The highest BCUT2D eigenvalue weighted by Gasteiger charge is 2.21. The van der Waals surface area contributed by atoms with Gasteiger partial charge in [0.2, 0.25) is 5.91 Å². The van der Waals surface area contributed by atoms with E-state index in [1.165, 1.54) is 0 Å². The number of nitrogen functional groups attached to an aromatic ring is 1. The van der Waals surface area contributed by atoms with Crippen molar-refractivity contribution in [3.05, 3.63) is 24.3 Å². The lowest BCUT2D eigenvalue weighted by atomic mass is 10.3. The van der Waals surface area contributed by atoms with E-state index in [-0.39, 0.29) is 0 Å².